The SMILES string of the molecule is O=C(Nc1ccccc1NC(=O)c1cccnc1)c1ccc(F)cc1. The topological polar surface area (TPSA) is 71.1 Å². The zero-order valence-corrected chi connectivity index (χ0v) is 13.1. The number of halogens is 1. The maximum absolute atomic E-state index is 13.0. The number of amides is 2. The van der Waals surface area contributed by atoms with E-state index in [4.69, 9.17) is 0 Å². The molecule has 0 unspecified atom stereocenters. The highest BCUT2D eigenvalue weighted by Gasteiger charge is 2.12. The van der Waals surface area contributed by atoms with Gasteiger partial charge in [-0.05, 0) is 48.5 Å². The van der Waals surface area contributed by atoms with Gasteiger partial charge in [0.25, 0.3) is 11.8 Å². The highest BCUT2D eigenvalue weighted by molar-refractivity contribution is 6.09. The van der Waals surface area contributed by atoms with Crippen LogP contribution in [0.3, 0.4) is 0 Å². The number of carbonyl (C=O) groups is 2. The summed E-state index contributed by atoms with van der Waals surface area (Å²) in [4.78, 5) is 28.4. The van der Waals surface area contributed by atoms with E-state index in [-0.39, 0.29) is 5.91 Å². The summed E-state index contributed by atoms with van der Waals surface area (Å²) in [5.74, 6) is -1.15. The molecule has 2 aromatic carbocycles. The summed E-state index contributed by atoms with van der Waals surface area (Å²) in [5.41, 5.74) is 1.61. The smallest absolute Gasteiger partial charge is 0.257 e. The second kappa shape index (κ2) is 7.35. The van der Waals surface area contributed by atoms with Crippen molar-refractivity contribution < 1.29 is 14.0 Å². The quantitative estimate of drug-likeness (QED) is 0.763. The molecule has 0 saturated heterocycles. The molecule has 0 spiro atoms. The van der Waals surface area contributed by atoms with Crippen molar-refractivity contribution in [1.29, 1.82) is 0 Å². The van der Waals surface area contributed by atoms with Gasteiger partial charge >= 0.3 is 0 Å². The van der Waals surface area contributed by atoms with Crippen LogP contribution in [0.5, 0.6) is 0 Å². The van der Waals surface area contributed by atoms with Crippen LogP contribution in [0.2, 0.25) is 0 Å². The fraction of sp³-hybridized carbons (Fsp3) is 0. The van der Waals surface area contributed by atoms with Crippen LogP contribution in [-0.2, 0) is 0 Å². The third-order valence-electron chi connectivity index (χ3n) is 3.45. The van der Waals surface area contributed by atoms with E-state index in [0.717, 1.165) is 0 Å². The summed E-state index contributed by atoms with van der Waals surface area (Å²) in [7, 11) is 0. The Morgan fingerprint density at radius 1 is 0.760 bits per heavy atom. The number of nitrogens with zero attached hydrogens (tertiary/aromatic N) is 1. The molecule has 0 aliphatic rings. The molecule has 0 radical (unpaired) electrons. The van der Waals surface area contributed by atoms with E-state index in [1.807, 2.05) is 0 Å². The molecule has 3 aromatic rings. The number of para-hydroxylation sites is 2. The van der Waals surface area contributed by atoms with Crippen LogP contribution in [0.4, 0.5) is 15.8 Å². The van der Waals surface area contributed by atoms with E-state index in [9.17, 15) is 14.0 Å². The zero-order chi connectivity index (χ0) is 17.6. The molecule has 3 rings (SSSR count). The Labute approximate surface area is 143 Å². The maximum Gasteiger partial charge on any atom is 0.257 e. The van der Waals surface area contributed by atoms with Crippen LogP contribution in [0.25, 0.3) is 0 Å². The van der Waals surface area contributed by atoms with E-state index in [0.29, 0.717) is 22.5 Å². The van der Waals surface area contributed by atoms with Gasteiger partial charge in [0.05, 0.1) is 16.9 Å². The van der Waals surface area contributed by atoms with Crippen molar-refractivity contribution >= 4 is 23.2 Å². The first-order chi connectivity index (χ1) is 12.1. The van der Waals surface area contributed by atoms with E-state index >= 15 is 0 Å². The van der Waals surface area contributed by atoms with E-state index in [1.165, 1.54) is 30.5 Å². The molecule has 6 heteroatoms. The van der Waals surface area contributed by atoms with Crippen LogP contribution < -0.4 is 10.6 Å². The normalized spacial score (nSPS) is 10.1. The van der Waals surface area contributed by atoms with Crippen molar-refractivity contribution in [2.75, 3.05) is 10.6 Å². The van der Waals surface area contributed by atoms with Gasteiger partial charge < -0.3 is 10.6 Å². The molecule has 124 valence electrons. The predicted octanol–water partition coefficient (Wildman–Crippen LogP) is 3.73. The number of pyridine rings is 1. The fourth-order valence-corrected chi connectivity index (χ4v) is 2.19. The summed E-state index contributed by atoms with van der Waals surface area (Å²) in [6.07, 6.45) is 3.03. The molecular formula is C19H14FN3O2. The highest BCUT2D eigenvalue weighted by Crippen LogP contribution is 2.22. The summed E-state index contributed by atoms with van der Waals surface area (Å²) in [5, 5.41) is 5.45. The minimum atomic E-state index is -0.416. The summed E-state index contributed by atoms with van der Waals surface area (Å²) >= 11 is 0. The number of rotatable bonds is 4. The molecule has 0 bridgehead atoms. The van der Waals surface area contributed by atoms with Crippen molar-refractivity contribution in [3.05, 3.63) is 90.0 Å². The largest absolute Gasteiger partial charge is 0.320 e. The Morgan fingerprint density at radius 3 is 1.92 bits per heavy atom. The molecule has 2 amide bonds. The predicted molar refractivity (Wildman–Crippen MR) is 93.0 cm³/mol. The minimum absolute atomic E-state index is 0.315. The number of hydrogen-bond acceptors (Lipinski definition) is 3. The van der Waals surface area contributed by atoms with Gasteiger partial charge in [-0.2, -0.15) is 0 Å². The Balaban J connectivity index is 1.78. The van der Waals surface area contributed by atoms with E-state index < -0.39 is 11.7 Å². The molecule has 5 nitrogen and oxygen atoms in total. The number of anilines is 2. The first-order valence-electron chi connectivity index (χ1n) is 7.51. The molecule has 1 aromatic heterocycles. The molecule has 25 heavy (non-hydrogen) atoms. The van der Waals surface area contributed by atoms with Crippen molar-refractivity contribution in [1.82, 2.24) is 4.98 Å². The maximum atomic E-state index is 13.0. The number of aromatic nitrogens is 1. The van der Waals surface area contributed by atoms with Crippen LogP contribution >= 0.6 is 0 Å². The first kappa shape index (κ1) is 16.3. The molecule has 0 atom stereocenters. The molecule has 0 aliphatic heterocycles. The van der Waals surface area contributed by atoms with Gasteiger partial charge in [-0.1, -0.05) is 12.1 Å². The van der Waals surface area contributed by atoms with Gasteiger partial charge in [-0.15, -0.1) is 0 Å². The Morgan fingerprint density at radius 2 is 1.36 bits per heavy atom. The summed E-state index contributed by atoms with van der Waals surface area (Å²) in [6.45, 7) is 0. The van der Waals surface area contributed by atoms with Gasteiger partial charge in [0, 0.05) is 18.0 Å². The summed E-state index contributed by atoms with van der Waals surface area (Å²) < 4.78 is 13.0. The molecule has 0 aliphatic carbocycles. The number of hydrogen-bond donors (Lipinski definition) is 2. The molecular weight excluding hydrogens is 321 g/mol. The average molecular weight is 335 g/mol. The highest BCUT2D eigenvalue weighted by atomic mass is 19.1. The van der Waals surface area contributed by atoms with Crippen LogP contribution in [-0.4, -0.2) is 16.8 Å². The second-order valence-electron chi connectivity index (χ2n) is 5.20. The van der Waals surface area contributed by atoms with Gasteiger partial charge in [-0.3, -0.25) is 14.6 Å². The lowest BCUT2D eigenvalue weighted by Crippen LogP contribution is -2.16. The monoisotopic (exact) mass is 335 g/mol. The van der Waals surface area contributed by atoms with Gasteiger partial charge in [-0.25, -0.2) is 4.39 Å². The fourth-order valence-electron chi connectivity index (χ4n) is 2.19. The number of carbonyl (C=O) groups excluding carboxylic acids is 2. The van der Waals surface area contributed by atoms with Crippen molar-refractivity contribution in [3.63, 3.8) is 0 Å². The van der Waals surface area contributed by atoms with Gasteiger partial charge in [0.2, 0.25) is 0 Å². The third kappa shape index (κ3) is 4.06. The molecule has 0 saturated carbocycles. The standard InChI is InChI=1S/C19H14FN3O2/c20-15-9-7-13(8-10-15)18(24)22-16-5-1-2-6-17(16)23-19(25)14-4-3-11-21-12-14/h1-12H,(H,22,24)(H,23,25). The lowest BCUT2D eigenvalue weighted by molar-refractivity contribution is 0.101. The van der Waals surface area contributed by atoms with Crippen molar-refractivity contribution in [3.8, 4) is 0 Å². The molecule has 2 N–H and O–H groups in total. The zero-order valence-electron chi connectivity index (χ0n) is 13.1. The first-order valence-corrected chi connectivity index (χ1v) is 7.51. The molecule has 0 fully saturated rings. The Bertz CT molecular complexity index is 896. The summed E-state index contributed by atoms with van der Waals surface area (Å²) in [6, 6.07) is 15.3. The second-order valence-corrected chi connectivity index (χ2v) is 5.20. The van der Waals surface area contributed by atoms with Crippen molar-refractivity contribution in [2.24, 2.45) is 0 Å². The van der Waals surface area contributed by atoms with Crippen LogP contribution in [0.1, 0.15) is 20.7 Å². The van der Waals surface area contributed by atoms with Gasteiger partial charge in [0.15, 0.2) is 0 Å². The Kier molecular flexibility index (Phi) is 4.80. The van der Waals surface area contributed by atoms with Crippen LogP contribution in [0.15, 0.2) is 73.1 Å². The minimum Gasteiger partial charge on any atom is -0.320 e. The lowest BCUT2D eigenvalue weighted by atomic mass is 10.2. The number of benzene rings is 2. The lowest BCUT2D eigenvalue weighted by Gasteiger charge is -2.12. The molecule has 1 heterocycles. The van der Waals surface area contributed by atoms with E-state index in [1.54, 1.807) is 42.6 Å². The van der Waals surface area contributed by atoms with Crippen LogP contribution in [0, 0.1) is 5.82 Å². The Hall–Kier alpha value is -3.54. The average Bonchev–Trinajstić information content (AvgIpc) is 2.64. The van der Waals surface area contributed by atoms with Gasteiger partial charge in [0.1, 0.15) is 5.82 Å². The van der Waals surface area contributed by atoms with E-state index in [2.05, 4.69) is 15.6 Å². The number of nitrogens with one attached hydrogen (secondary N) is 2. The van der Waals surface area contributed by atoms with Crippen molar-refractivity contribution in [2.45, 2.75) is 0 Å². The third-order valence-corrected chi connectivity index (χ3v) is 3.45.